The van der Waals surface area contributed by atoms with Crippen molar-refractivity contribution in [3.05, 3.63) is 59.7 Å². The first-order valence-electron chi connectivity index (χ1n) is 8.03. The van der Waals surface area contributed by atoms with Crippen molar-refractivity contribution >= 4 is 17.4 Å². The second-order valence-electron chi connectivity index (χ2n) is 5.70. The fraction of sp³-hybridized carbons (Fsp3) is 0.278. The maximum absolute atomic E-state index is 14.3. The fourth-order valence-corrected chi connectivity index (χ4v) is 2.61. The normalized spacial score (nSPS) is 14.2. The Morgan fingerprint density at radius 2 is 1.80 bits per heavy atom. The zero-order chi connectivity index (χ0) is 17.6. The Balaban J connectivity index is 1.55. The van der Waals surface area contributed by atoms with Gasteiger partial charge < -0.3 is 20.3 Å². The lowest BCUT2D eigenvalue weighted by Crippen LogP contribution is -2.36. The number of ether oxygens (including phenoxy) is 1. The van der Waals surface area contributed by atoms with Crippen molar-refractivity contribution in [1.29, 1.82) is 0 Å². The van der Waals surface area contributed by atoms with E-state index in [0.29, 0.717) is 37.7 Å². The Morgan fingerprint density at radius 3 is 2.48 bits per heavy atom. The van der Waals surface area contributed by atoms with Crippen LogP contribution in [0.5, 0.6) is 0 Å². The molecule has 0 saturated carbocycles. The summed E-state index contributed by atoms with van der Waals surface area (Å²) >= 11 is 0. The Kier molecular flexibility index (Phi) is 5.45. The molecule has 0 aromatic heterocycles. The number of amides is 2. The molecule has 7 heteroatoms. The molecule has 2 aromatic rings. The van der Waals surface area contributed by atoms with Crippen LogP contribution in [-0.4, -0.2) is 32.3 Å². The van der Waals surface area contributed by atoms with E-state index in [0.717, 1.165) is 5.56 Å². The minimum Gasteiger partial charge on any atom is -0.378 e. The Labute approximate surface area is 144 Å². The van der Waals surface area contributed by atoms with Gasteiger partial charge in [0.25, 0.3) is 0 Å². The largest absolute Gasteiger partial charge is 0.378 e. The van der Waals surface area contributed by atoms with Gasteiger partial charge in [-0.2, -0.15) is 0 Å². The summed E-state index contributed by atoms with van der Waals surface area (Å²) in [5.74, 6) is -0.720. The molecule has 1 saturated heterocycles. The van der Waals surface area contributed by atoms with Crippen LogP contribution in [0.25, 0.3) is 0 Å². The number of nitrogens with one attached hydrogen (secondary N) is 2. The third-order valence-electron chi connectivity index (χ3n) is 3.92. The first-order valence-corrected chi connectivity index (χ1v) is 8.03. The van der Waals surface area contributed by atoms with Crippen molar-refractivity contribution in [2.24, 2.45) is 0 Å². The summed E-state index contributed by atoms with van der Waals surface area (Å²) in [6, 6.07) is 9.98. The number of anilines is 2. The van der Waals surface area contributed by atoms with Gasteiger partial charge in [-0.05, 0) is 35.9 Å². The summed E-state index contributed by atoms with van der Waals surface area (Å²) in [5.41, 5.74) is 1.64. The van der Waals surface area contributed by atoms with Crippen molar-refractivity contribution < 1.29 is 18.3 Å². The van der Waals surface area contributed by atoms with Gasteiger partial charge >= 0.3 is 6.03 Å². The van der Waals surface area contributed by atoms with Gasteiger partial charge in [0.05, 0.1) is 18.9 Å². The molecule has 1 heterocycles. The highest BCUT2D eigenvalue weighted by Crippen LogP contribution is 2.23. The van der Waals surface area contributed by atoms with Crippen molar-refractivity contribution in [2.45, 2.75) is 6.54 Å². The van der Waals surface area contributed by atoms with Gasteiger partial charge in [-0.15, -0.1) is 0 Å². The van der Waals surface area contributed by atoms with E-state index in [-0.39, 0.29) is 12.4 Å². The van der Waals surface area contributed by atoms with Gasteiger partial charge in [0.1, 0.15) is 11.6 Å². The quantitative estimate of drug-likeness (QED) is 0.893. The SMILES string of the molecule is O=C(NCc1ccc(F)cc1)Nc1ccc(N2CCOCC2)c(F)c1. The molecule has 0 bridgehead atoms. The molecule has 0 spiro atoms. The van der Waals surface area contributed by atoms with Crippen LogP contribution in [0.4, 0.5) is 25.0 Å². The Bertz CT molecular complexity index is 732. The molecule has 1 fully saturated rings. The lowest BCUT2D eigenvalue weighted by Gasteiger charge is -2.29. The Morgan fingerprint density at radius 1 is 1.08 bits per heavy atom. The highest BCUT2D eigenvalue weighted by Gasteiger charge is 2.15. The molecular formula is C18H19F2N3O2. The van der Waals surface area contributed by atoms with Gasteiger partial charge in [-0.1, -0.05) is 12.1 Å². The molecule has 1 aliphatic rings. The summed E-state index contributed by atoms with van der Waals surface area (Å²) in [4.78, 5) is 13.8. The van der Waals surface area contributed by atoms with E-state index in [4.69, 9.17) is 4.74 Å². The van der Waals surface area contributed by atoms with Crippen LogP contribution in [0.3, 0.4) is 0 Å². The molecule has 2 amide bonds. The van der Waals surface area contributed by atoms with Gasteiger partial charge in [0.15, 0.2) is 0 Å². The predicted molar refractivity (Wildman–Crippen MR) is 91.7 cm³/mol. The van der Waals surface area contributed by atoms with Crippen LogP contribution in [0.2, 0.25) is 0 Å². The van der Waals surface area contributed by atoms with E-state index in [1.807, 2.05) is 4.90 Å². The summed E-state index contributed by atoms with van der Waals surface area (Å²) in [7, 11) is 0. The van der Waals surface area contributed by atoms with Crippen LogP contribution in [-0.2, 0) is 11.3 Å². The molecule has 1 aliphatic heterocycles. The van der Waals surface area contributed by atoms with Crippen LogP contribution >= 0.6 is 0 Å². The number of urea groups is 1. The summed E-state index contributed by atoms with van der Waals surface area (Å²) in [6.45, 7) is 2.68. The van der Waals surface area contributed by atoms with Crippen molar-refractivity contribution in [1.82, 2.24) is 5.32 Å². The third kappa shape index (κ3) is 4.67. The van der Waals surface area contributed by atoms with Crippen molar-refractivity contribution in [2.75, 3.05) is 36.5 Å². The summed E-state index contributed by atoms with van der Waals surface area (Å²) in [6.07, 6.45) is 0. The number of morpholine rings is 1. The average molecular weight is 347 g/mol. The molecule has 0 radical (unpaired) electrons. The number of benzene rings is 2. The lowest BCUT2D eigenvalue weighted by molar-refractivity contribution is 0.122. The first kappa shape index (κ1) is 17.2. The number of carbonyl (C=O) groups is 1. The zero-order valence-corrected chi connectivity index (χ0v) is 13.6. The first-order chi connectivity index (χ1) is 12.1. The lowest BCUT2D eigenvalue weighted by atomic mass is 10.2. The molecule has 0 unspecified atom stereocenters. The van der Waals surface area contributed by atoms with Crippen molar-refractivity contribution in [3.8, 4) is 0 Å². The fourth-order valence-electron chi connectivity index (χ4n) is 2.61. The molecule has 2 aromatic carbocycles. The molecule has 3 rings (SSSR count). The van der Waals surface area contributed by atoms with Gasteiger partial charge in [0, 0.05) is 25.3 Å². The van der Waals surface area contributed by atoms with Gasteiger partial charge in [-0.3, -0.25) is 0 Å². The number of hydrogen-bond donors (Lipinski definition) is 2. The third-order valence-corrected chi connectivity index (χ3v) is 3.92. The summed E-state index contributed by atoms with van der Waals surface area (Å²) in [5, 5.41) is 5.23. The molecular weight excluding hydrogens is 328 g/mol. The maximum atomic E-state index is 14.3. The highest BCUT2D eigenvalue weighted by atomic mass is 19.1. The van der Waals surface area contributed by atoms with Crippen LogP contribution in [0, 0.1) is 11.6 Å². The van der Waals surface area contributed by atoms with Crippen LogP contribution in [0.15, 0.2) is 42.5 Å². The maximum Gasteiger partial charge on any atom is 0.319 e. The summed E-state index contributed by atoms with van der Waals surface area (Å²) < 4.78 is 32.4. The topological polar surface area (TPSA) is 53.6 Å². The molecule has 5 nitrogen and oxygen atoms in total. The van der Waals surface area contributed by atoms with Crippen LogP contribution in [0.1, 0.15) is 5.56 Å². The second-order valence-corrected chi connectivity index (χ2v) is 5.70. The van der Waals surface area contributed by atoms with E-state index < -0.39 is 11.8 Å². The van der Waals surface area contributed by atoms with E-state index in [1.165, 1.54) is 18.2 Å². The minimum atomic E-state index is -0.456. The standard InChI is InChI=1S/C18H19F2N3O2/c19-14-3-1-13(2-4-14)12-21-18(24)22-15-5-6-17(16(20)11-15)23-7-9-25-10-8-23/h1-6,11H,7-10,12H2,(H2,21,22,24). The number of carbonyl (C=O) groups excluding carboxylic acids is 1. The number of halogens is 2. The van der Waals surface area contributed by atoms with Crippen LogP contribution < -0.4 is 15.5 Å². The predicted octanol–water partition coefficient (Wildman–Crippen LogP) is 3.12. The van der Waals surface area contributed by atoms with Gasteiger partial charge in [-0.25, -0.2) is 13.6 Å². The average Bonchev–Trinajstić information content (AvgIpc) is 2.62. The van der Waals surface area contributed by atoms with Crippen molar-refractivity contribution in [3.63, 3.8) is 0 Å². The van der Waals surface area contributed by atoms with E-state index in [1.54, 1.807) is 24.3 Å². The second kappa shape index (κ2) is 7.94. The highest BCUT2D eigenvalue weighted by molar-refractivity contribution is 5.89. The van der Waals surface area contributed by atoms with E-state index in [9.17, 15) is 13.6 Å². The number of hydrogen-bond acceptors (Lipinski definition) is 3. The monoisotopic (exact) mass is 347 g/mol. The molecule has 132 valence electrons. The molecule has 25 heavy (non-hydrogen) atoms. The molecule has 0 atom stereocenters. The zero-order valence-electron chi connectivity index (χ0n) is 13.6. The Hall–Kier alpha value is -2.67. The van der Waals surface area contributed by atoms with E-state index >= 15 is 0 Å². The van der Waals surface area contributed by atoms with E-state index in [2.05, 4.69) is 10.6 Å². The number of rotatable bonds is 4. The smallest absolute Gasteiger partial charge is 0.319 e. The van der Waals surface area contributed by atoms with Gasteiger partial charge in [0.2, 0.25) is 0 Å². The minimum absolute atomic E-state index is 0.250. The number of nitrogens with zero attached hydrogens (tertiary/aromatic N) is 1. The molecule has 0 aliphatic carbocycles. The molecule has 2 N–H and O–H groups in total.